The zero-order valence-corrected chi connectivity index (χ0v) is 8.26. The Labute approximate surface area is 89.5 Å². The highest BCUT2D eigenvalue weighted by molar-refractivity contribution is 6.16. The van der Waals surface area contributed by atoms with Gasteiger partial charge in [0.2, 0.25) is 5.89 Å². The van der Waals surface area contributed by atoms with E-state index in [1.165, 1.54) is 12.3 Å². The van der Waals surface area contributed by atoms with Crippen molar-refractivity contribution in [3.05, 3.63) is 41.9 Å². The first-order valence-corrected chi connectivity index (χ1v) is 4.70. The molecule has 2 nitrogen and oxygen atoms in total. The Morgan fingerprint density at radius 2 is 2.07 bits per heavy atom. The second-order valence-electron chi connectivity index (χ2n) is 2.88. The minimum atomic E-state index is -0.920. The standard InChI is InChI=1S/C10H6ClF2NO/c11-4-10-14-5-9(15-10)6-1-2-7(12)8(13)3-6/h1-3,5H,4H2. The number of halogens is 3. The second-order valence-corrected chi connectivity index (χ2v) is 3.15. The highest BCUT2D eigenvalue weighted by Gasteiger charge is 2.08. The molecule has 0 spiro atoms. The van der Waals surface area contributed by atoms with E-state index in [2.05, 4.69) is 4.98 Å². The summed E-state index contributed by atoms with van der Waals surface area (Å²) >= 11 is 5.49. The average Bonchev–Trinajstić information content (AvgIpc) is 2.70. The van der Waals surface area contributed by atoms with Gasteiger partial charge in [0.25, 0.3) is 0 Å². The molecule has 0 radical (unpaired) electrons. The van der Waals surface area contributed by atoms with Crippen LogP contribution in [0.5, 0.6) is 0 Å². The molecule has 0 aliphatic rings. The molecule has 1 aromatic heterocycles. The number of benzene rings is 1. The first-order valence-electron chi connectivity index (χ1n) is 4.17. The van der Waals surface area contributed by atoms with Gasteiger partial charge in [-0.3, -0.25) is 0 Å². The molecule has 0 fully saturated rings. The van der Waals surface area contributed by atoms with Crippen molar-refractivity contribution in [2.75, 3.05) is 0 Å². The average molecular weight is 230 g/mol. The van der Waals surface area contributed by atoms with Gasteiger partial charge in [0.15, 0.2) is 17.4 Å². The highest BCUT2D eigenvalue weighted by Crippen LogP contribution is 2.22. The predicted octanol–water partition coefficient (Wildman–Crippen LogP) is 3.36. The van der Waals surface area contributed by atoms with Crippen LogP contribution in [0, 0.1) is 11.6 Å². The van der Waals surface area contributed by atoms with Gasteiger partial charge in [-0.05, 0) is 18.2 Å². The van der Waals surface area contributed by atoms with Gasteiger partial charge in [-0.25, -0.2) is 13.8 Å². The molecule has 0 atom stereocenters. The highest BCUT2D eigenvalue weighted by atomic mass is 35.5. The molecule has 2 rings (SSSR count). The molecular weight excluding hydrogens is 224 g/mol. The first-order chi connectivity index (χ1) is 7.20. The van der Waals surface area contributed by atoms with Crippen LogP contribution in [0.15, 0.2) is 28.8 Å². The normalized spacial score (nSPS) is 10.6. The third kappa shape index (κ3) is 1.99. The van der Waals surface area contributed by atoms with Crippen LogP contribution in [0.2, 0.25) is 0 Å². The summed E-state index contributed by atoms with van der Waals surface area (Å²) in [4.78, 5) is 3.85. The Kier molecular flexibility index (Phi) is 2.68. The predicted molar refractivity (Wildman–Crippen MR) is 51.4 cm³/mol. The lowest BCUT2D eigenvalue weighted by Crippen LogP contribution is -1.83. The van der Waals surface area contributed by atoms with Gasteiger partial charge < -0.3 is 4.42 Å². The van der Waals surface area contributed by atoms with Crippen LogP contribution >= 0.6 is 11.6 Å². The zero-order chi connectivity index (χ0) is 10.8. The van der Waals surface area contributed by atoms with Crippen molar-refractivity contribution in [3.63, 3.8) is 0 Å². The van der Waals surface area contributed by atoms with Crippen LogP contribution in [0.4, 0.5) is 8.78 Å². The molecule has 0 amide bonds. The van der Waals surface area contributed by atoms with Crippen LogP contribution in [-0.4, -0.2) is 4.98 Å². The van der Waals surface area contributed by atoms with Crippen LogP contribution in [-0.2, 0) is 5.88 Å². The number of oxazole rings is 1. The number of alkyl halides is 1. The molecule has 2 aromatic rings. The lowest BCUT2D eigenvalue weighted by atomic mass is 10.2. The smallest absolute Gasteiger partial charge is 0.209 e. The van der Waals surface area contributed by atoms with Crippen molar-refractivity contribution < 1.29 is 13.2 Å². The first kappa shape index (κ1) is 10.1. The van der Waals surface area contributed by atoms with Gasteiger partial charge in [-0.1, -0.05) is 0 Å². The molecule has 0 saturated heterocycles. The maximum Gasteiger partial charge on any atom is 0.209 e. The van der Waals surface area contributed by atoms with E-state index < -0.39 is 11.6 Å². The van der Waals surface area contributed by atoms with Gasteiger partial charge in [0, 0.05) is 5.56 Å². The fraction of sp³-hybridized carbons (Fsp3) is 0.100. The molecule has 0 aliphatic heterocycles. The molecule has 1 aromatic carbocycles. The molecule has 0 N–H and O–H groups in total. The van der Waals surface area contributed by atoms with Crippen molar-refractivity contribution in [2.45, 2.75) is 5.88 Å². The minimum Gasteiger partial charge on any atom is -0.439 e. The lowest BCUT2D eigenvalue weighted by Gasteiger charge is -1.96. The summed E-state index contributed by atoms with van der Waals surface area (Å²) in [6.07, 6.45) is 1.42. The van der Waals surface area contributed by atoms with Crippen LogP contribution in [0.3, 0.4) is 0 Å². The SMILES string of the molecule is Fc1ccc(-c2cnc(CCl)o2)cc1F. The van der Waals surface area contributed by atoms with Crippen LogP contribution in [0.25, 0.3) is 11.3 Å². The van der Waals surface area contributed by atoms with Gasteiger partial charge in [0.1, 0.15) is 0 Å². The Bertz CT molecular complexity index is 484. The Morgan fingerprint density at radius 1 is 1.27 bits per heavy atom. The van der Waals surface area contributed by atoms with Crippen molar-refractivity contribution in [3.8, 4) is 11.3 Å². The molecule has 0 saturated carbocycles. The Hall–Kier alpha value is -1.42. The summed E-state index contributed by atoms with van der Waals surface area (Å²) in [5.74, 6) is -0.961. The summed E-state index contributed by atoms with van der Waals surface area (Å²) in [6, 6.07) is 3.50. The largest absolute Gasteiger partial charge is 0.439 e. The molecular formula is C10H6ClF2NO. The number of aromatic nitrogens is 1. The molecule has 1 heterocycles. The summed E-state index contributed by atoms with van der Waals surface area (Å²) in [7, 11) is 0. The van der Waals surface area contributed by atoms with E-state index >= 15 is 0 Å². The molecule has 0 unspecified atom stereocenters. The summed E-state index contributed by atoms with van der Waals surface area (Å²) in [5.41, 5.74) is 0.428. The van der Waals surface area contributed by atoms with Crippen molar-refractivity contribution in [2.24, 2.45) is 0 Å². The zero-order valence-electron chi connectivity index (χ0n) is 7.51. The van der Waals surface area contributed by atoms with E-state index in [0.29, 0.717) is 17.2 Å². The van der Waals surface area contributed by atoms with Crippen LogP contribution in [0.1, 0.15) is 5.89 Å². The topological polar surface area (TPSA) is 26.0 Å². The van der Waals surface area contributed by atoms with Gasteiger partial charge in [-0.2, -0.15) is 0 Å². The van der Waals surface area contributed by atoms with E-state index in [1.807, 2.05) is 0 Å². The van der Waals surface area contributed by atoms with E-state index in [0.717, 1.165) is 12.1 Å². The maximum absolute atomic E-state index is 12.9. The molecule has 0 aliphatic carbocycles. The molecule has 0 bridgehead atoms. The Balaban J connectivity index is 2.40. The fourth-order valence-corrected chi connectivity index (χ4v) is 1.28. The molecule has 78 valence electrons. The van der Waals surface area contributed by atoms with Crippen molar-refractivity contribution >= 4 is 11.6 Å². The lowest BCUT2D eigenvalue weighted by molar-refractivity contribution is 0.505. The fourth-order valence-electron chi connectivity index (χ4n) is 1.15. The number of hydrogen-bond acceptors (Lipinski definition) is 2. The van der Waals surface area contributed by atoms with Gasteiger partial charge >= 0.3 is 0 Å². The van der Waals surface area contributed by atoms with Crippen molar-refractivity contribution in [1.29, 1.82) is 0 Å². The van der Waals surface area contributed by atoms with Gasteiger partial charge in [-0.15, -0.1) is 11.6 Å². The molecule has 15 heavy (non-hydrogen) atoms. The van der Waals surface area contributed by atoms with E-state index in [1.54, 1.807) is 0 Å². The summed E-state index contributed by atoms with van der Waals surface area (Å²) in [6.45, 7) is 0. The number of hydrogen-bond donors (Lipinski definition) is 0. The third-order valence-corrected chi connectivity index (χ3v) is 2.10. The second kappa shape index (κ2) is 3.98. The quantitative estimate of drug-likeness (QED) is 0.738. The van der Waals surface area contributed by atoms with E-state index in [4.69, 9.17) is 16.0 Å². The summed E-state index contributed by atoms with van der Waals surface area (Å²) < 4.78 is 30.7. The Morgan fingerprint density at radius 3 is 2.67 bits per heavy atom. The third-order valence-electron chi connectivity index (χ3n) is 1.87. The van der Waals surface area contributed by atoms with Gasteiger partial charge in [0.05, 0.1) is 12.1 Å². The van der Waals surface area contributed by atoms with E-state index in [9.17, 15) is 8.78 Å². The number of rotatable bonds is 2. The summed E-state index contributed by atoms with van der Waals surface area (Å²) in [5, 5.41) is 0. The maximum atomic E-state index is 12.9. The molecule has 5 heteroatoms. The number of nitrogens with zero attached hydrogens (tertiary/aromatic N) is 1. The van der Waals surface area contributed by atoms with E-state index in [-0.39, 0.29) is 5.88 Å². The van der Waals surface area contributed by atoms with Crippen molar-refractivity contribution in [1.82, 2.24) is 4.98 Å². The van der Waals surface area contributed by atoms with Crippen LogP contribution < -0.4 is 0 Å². The minimum absolute atomic E-state index is 0.143. The monoisotopic (exact) mass is 229 g/mol.